The third-order valence-corrected chi connectivity index (χ3v) is 2.30. The smallest absolute Gasteiger partial charge is 0.242 e. The van der Waals surface area contributed by atoms with Gasteiger partial charge in [-0.1, -0.05) is 6.92 Å². The molecule has 0 aliphatic carbocycles. The molecule has 1 aliphatic rings. The van der Waals surface area contributed by atoms with E-state index < -0.39 is 5.54 Å². The first-order valence-electron chi connectivity index (χ1n) is 4.26. The van der Waals surface area contributed by atoms with E-state index in [1.165, 1.54) is 0 Å². The molecule has 0 saturated carbocycles. The molecule has 12 heavy (non-hydrogen) atoms. The summed E-state index contributed by atoms with van der Waals surface area (Å²) in [6, 6.07) is 0.307. The van der Waals surface area contributed by atoms with E-state index in [-0.39, 0.29) is 5.91 Å². The standard InChI is InChI=1S/C8H16N2O2/c1-3-6(2)10-8(7(9)11)4-12-5-8/h6,10H,3-5H2,1-2H3,(H2,9,11). The molecule has 4 nitrogen and oxygen atoms in total. The second-order valence-electron chi connectivity index (χ2n) is 3.39. The number of rotatable bonds is 4. The van der Waals surface area contributed by atoms with Gasteiger partial charge in [-0.25, -0.2) is 0 Å². The van der Waals surface area contributed by atoms with Gasteiger partial charge in [0.25, 0.3) is 0 Å². The van der Waals surface area contributed by atoms with Crippen LogP contribution in [0, 0.1) is 0 Å². The minimum absolute atomic E-state index is 0.307. The van der Waals surface area contributed by atoms with E-state index in [4.69, 9.17) is 10.5 Å². The summed E-state index contributed by atoms with van der Waals surface area (Å²) >= 11 is 0. The molecule has 1 fully saturated rings. The molecule has 4 heteroatoms. The monoisotopic (exact) mass is 172 g/mol. The molecule has 1 rings (SSSR count). The van der Waals surface area contributed by atoms with Gasteiger partial charge in [-0.2, -0.15) is 0 Å². The Morgan fingerprint density at radius 1 is 1.75 bits per heavy atom. The van der Waals surface area contributed by atoms with Gasteiger partial charge < -0.3 is 10.5 Å². The van der Waals surface area contributed by atoms with Crippen LogP contribution in [0.5, 0.6) is 0 Å². The van der Waals surface area contributed by atoms with Crippen LogP contribution in [0.2, 0.25) is 0 Å². The Kier molecular flexibility index (Phi) is 2.69. The molecule has 70 valence electrons. The molecule has 0 aromatic carbocycles. The highest BCUT2D eigenvalue weighted by atomic mass is 16.5. The largest absolute Gasteiger partial charge is 0.376 e. The molecule has 0 spiro atoms. The Morgan fingerprint density at radius 2 is 2.33 bits per heavy atom. The van der Waals surface area contributed by atoms with Crippen LogP contribution in [-0.2, 0) is 9.53 Å². The maximum Gasteiger partial charge on any atom is 0.242 e. The fraction of sp³-hybridized carbons (Fsp3) is 0.875. The molecule has 1 aliphatic heterocycles. The topological polar surface area (TPSA) is 64.3 Å². The molecule has 0 aromatic heterocycles. The van der Waals surface area contributed by atoms with Crippen molar-refractivity contribution in [3.05, 3.63) is 0 Å². The molecule has 3 N–H and O–H groups in total. The highest BCUT2D eigenvalue weighted by Gasteiger charge is 2.44. The van der Waals surface area contributed by atoms with Crippen LogP contribution in [0.3, 0.4) is 0 Å². The number of amides is 1. The van der Waals surface area contributed by atoms with E-state index in [9.17, 15) is 4.79 Å². The lowest BCUT2D eigenvalue weighted by molar-refractivity contribution is -0.145. The first-order chi connectivity index (χ1) is 5.60. The minimum atomic E-state index is -0.588. The number of carbonyl (C=O) groups excluding carboxylic acids is 1. The summed E-state index contributed by atoms with van der Waals surface area (Å²) < 4.78 is 4.98. The SMILES string of the molecule is CCC(C)NC1(C(N)=O)COC1. The van der Waals surface area contributed by atoms with Crippen molar-refractivity contribution in [3.63, 3.8) is 0 Å². The lowest BCUT2D eigenvalue weighted by Gasteiger charge is -2.41. The van der Waals surface area contributed by atoms with Gasteiger partial charge in [0.1, 0.15) is 5.54 Å². The van der Waals surface area contributed by atoms with Crippen molar-refractivity contribution in [1.29, 1.82) is 0 Å². The van der Waals surface area contributed by atoms with Crippen molar-refractivity contribution < 1.29 is 9.53 Å². The lowest BCUT2D eigenvalue weighted by Crippen LogP contribution is -2.69. The van der Waals surface area contributed by atoms with Crippen LogP contribution in [0.4, 0.5) is 0 Å². The van der Waals surface area contributed by atoms with E-state index in [1.54, 1.807) is 0 Å². The van der Waals surface area contributed by atoms with Crippen molar-refractivity contribution in [2.75, 3.05) is 13.2 Å². The van der Waals surface area contributed by atoms with Crippen LogP contribution in [0.1, 0.15) is 20.3 Å². The number of nitrogens with two attached hydrogens (primary N) is 1. The molecule has 0 radical (unpaired) electrons. The lowest BCUT2D eigenvalue weighted by atomic mass is 9.95. The minimum Gasteiger partial charge on any atom is -0.376 e. The number of carbonyl (C=O) groups is 1. The molecule has 0 bridgehead atoms. The molecule has 0 aromatic rings. The van der Waals surface area contributed by atoms with Crippen molar-refractivity contribution in [3.8, 4) is 0 Å². The Balaban J connectivity index is 2.50. The van der Waals surface area contributed by atoms with Gasteiger partial charge in [0.2, 0.25) is 5.91 Å². The van der Waals surface area contributed by atoms with Crippen molar-refractivity contribution >= 4 is 5.91 Å². The third-order valence-electron chi connectivity index (χ3n) is 2.30. The average Bonchev–Trinajstić information content (AvgIpc) is 1.95. The predicted octanol–water partition coefficient (Wildman–Crippen LogP) is -0.371. The van der Waals surface area contributed by atoms with E-state index in [2.05, 4.69) is 12.2 Å². The zero-order chi connectivity index (χ0) is 9.19. The second kappa shape index (κ2) is 3.41. The van der Waals surface area contributed by atoms with Crippen LogP contribution in [-0.4, -0.2) is 30.7 Å². The van der Waals surface area contributed by atoms with Crippen molar-refractivity contribution in [2.24, 2.45) is 5.73 Å². The van der Waals surface area contributed by atoms with Crippen molar-refractivity contribution in [2.45, 2.75) is 31.8 Å². The molecule has 1 amide bonds. The Morgan fingerprint density at radius 3 is 2.58 bits per heavy atom. The number of ether oxygens (including phenoxy) is 1. The predicted molar refractivity (Wildman–Crippen MR) is 45.6 cm³/mol. The maximum absolute atomic E-state index is 11.0. The number of primary amides is 1. The van der Waals surface area contributed by atoms with E-state index >= 15 is 0 Å². The summed E-state index contributed by atoms with van der Waals surface area (Å²) in [4.78, 5) is 11.0. The highest BCUT2D eigenvalue weighted by Crippen LogP contribution is 2.17. The highest BCUT2D eigenvalue weighted by molar-refractivity contribution is 5.86. The van der Waals surface area contributed by atoms with Gasteiger partial charge in [-0.15, -0.1) is 0 Å². The zero-order valence-electron chi connectivity index (χ0n) is 7.59. The van der Waals surface area contributed by atoms with E-state index in [0.29, 0.717) is 19.3 Å². The molecular formula is C8H16N2O2. The Labute approximate surface area is 72.5 Å². The zero-order valence-corrected chi connectivity index (χ0v) is 7.59. The van der Waals surface area contributed by atoms with Gasteiger partial charge in [-0.05, 0) is 13.3 Å². The number of hydrogen-bond donors (Lipinski definition) is 2. The Hall–Kier alpha value is -0.610. The Bertz CT molecular complexity index is 178. The molecular weight excluding hydrogens is 156 g/mol. The van der Waals surface area contributed by atoms with Gasteiger partial charge in [-0.3, -0.25) is 10.1 Å². The third kappa shape index (κ3) is 1.59. The summed E-state index contributed by atoms with van der Waals surface area (Å²) in [6.07, 6.45) is 0.981. The summed E-state index contributed by atoms with van der Waals surface area (Å²) in [5.74, 6) is -0.311. The van der Waals surface area contributed by atoms with Crippen LogP contribution in [0.15, 0.2) is 0 Å². The second-order valence-corrected chi connectivity index (χ2v) is 3.39. The normalized spacial score (nSPS) is 22.8. The van der Waals surface area contributed by atoms with E-state index in [0.717, 1.165) is 6.42 Å². The van der Waals surface area contributed by atoms with E-state index in [1.807, 2.05) is 6.92 Å². The first-order valence-corrected chi connectivity index (χ1v) is 4.26. The fourth-order valence-corrected chi connectivity index (χ4v) is 1.18. The summed E-state index contributed by atoms with van der Waals surface area (Å²) in [5, 5.41) is 3.18. The van der Waals surface area contributed by atoms with Gasteiger partial charge in [0.15, 0.2) is 0 Å². The summed E-state index contributed by atoms with van der Waals surface area (Å²) in [6.45, 7) is 4.91. The van der Waals surface area contributed by atoms with Gasteiger partial charge >= 0.3 is 0 Å². The number of nitrogens with one attached hydrogen (secondary N) is 1. The quantitative estimate of drug-likeness (QED) is 0.608. The molecule has 1 unspecified atom stereocenters. The molecule has 1 atom stereocenters. The summed E-state index contributed by atoms with van der Waals surface area (Å²) in [5.41, 5.74) is 4.67. The fourth-order valence-electron chi connectivity index (χ4n) is 1.18. The number of hydrogen-bond acceptors (Lipinski definition) is 3. The summed E-state index contributed by atoms with van der Waals surface area (Å²) in [7, 11) is 0. The van der Waals surface area contributed by atoms with Crippen LogP contribution in [0.25, 0.3) is 0 Å². The average molecular weight is 172 g/mol. The van der Waals surface area contributed by atoms with Crippen LogP contribution >= 0.6 is 0 Å². The van der Waals surface area contributed by atoms with Gasteiger partial charge in [0, 0.05) is 6.04 Å². The molecule has 1 saturated heterocycles. The first kappa shape index (κ1) is 9.48. The van der Waals surface area contributed by atoms with Gasteiger partial charge in [0.05, 0.1) is 13.2 Å². The molecule has 1 heterocycles. The van der Waals surface area contributed by atoms with Crippen molar-refractivity contribution in [1.82, 2.24) is 5.32 Å². The van der Waals surface area contributed by atoms with Crippen LogP contribution < -0.4 is 11.1 Å². The maximum atomic E-state index is 11.0.